The zero-order chi connectivity index (χ0) is 15.1. The maximum absolute atomic E-state index is 6.44. The lowest BCUT2D eigenvalue weighted by atomic mass is 9.76. The first kappa shape index (κ1) is 17.3. The number of hydrogen-bond donors (Lipinski definition) is 1. The summed E-state index contributed by atoms with van der Waals surface area (Å²) in [5.41, 5.74) is 6.44. The Morgan fingerprint density at radius 3 is 2.43 bits per heavy atom. The number of nitrogens with zero attached hydrogens (tertiary/aromatic N) is 1. The Morgan fingerprint density at radius 1 is 0.905 bits per heavy atom. The van der Waals surface area contributed by atoms with Gasteiger partial charge in [0, 0.05) is 12.6 Å². The molecule has 1 aliphatic heterocycles. The summed E-state index contributed by atoms with van der Waals surface area (Å²) in [5, 5.41) is 0. The lowest BCUT2D eigenvalue weighted by Crippen LogP contribution is -2.43. The first-order chi connectivity index (χ1) is 10.2. The second-order valence-corrected chi connectivity index (χ2v) is 7.78. The van der Waals surface area contributed by atoms with Gasteiger partial charge in [-0.3, -0.25) is 0 Å². The summed E-state index contributed by atoms with van der Waals surface area (Å²) in [6.45, 7) is 8.58. The number of rotatable bonds is 6. The molecule has 1 saturated heterocycles. The molecule has 0 aromatic carbocycles. The van der Waals surface area contributed by atoms with Crippen LogP contribution in [0.1, 0.15) is 78.1 Å². The van der Waals surface area contributed by atoms with Gasteiger partial charge >= 0.3 is 0 Å². The molecule has 1 heterocycles. The molecule has 21 heavy (non-hydrogen) atoms. The quantitative estimate of drug-likeness (QED) is 0.785. The average molecular weight is 295 g/mol. The van der Waals surface area contributed by atoms with E-state index in [1.165, 1.54) is 83.8 Å². The molecule has 1 aliphatic carbocycles. The minimum atomic E-state index is 0.466. The summed E-state index contributed by atoms with van der Waals surface area (Å²) in [5.74, 6) is 2.71. The van der Waals surface area contributed by atoms with Crippen LogP contribution in [0.15, 0.2) is 0 Å². The van der Waals surface area contributed by atoms with E-state index < -0.39 is 0 Å². The highest BCUT2D eigenvalue weighted by Crippen LogP contribution is 2.32. The number of likely N-dealkylation sites (tertiary alicyclic amines) is 1. The van der Waals surface area contributed by atoms with Crippen molar-refractivity contribution in [3.05, 3.63) is 0 Å². The fourth-order valence-electron chi connectivity index (χ4n) is 4.70. The van der Waals surface area contributed by atoms with Crippen LogP contribution in [0, 0.1) is 17.8 Å². The normalized spacial score (nSPS) is 35.6. The summed E-state index contributed by atoms with van der Waals surface area (Å²) in [7, 11) is 0. The maximum atomic E-state index is 6.44. The highest BCUT2D eigenvalue weighted by Gasteiger charge is 2.29. The Kier molecular flexibility index (Phi) is 7.53. The third-order valence-electron chi connectivity index (χ3n) is 5.98. The summed E-state index contributed by atoms with van der Waals surface area (Å²) >= 11 is 0. The molecule has 2 rings (SSSR count). The topological polar surface area (TPSA) is 29.3 Å². The largest absolute Gasteiger partial charge is 0.327 e. The van der Waals surface area contributed by atoms with Crippen LogP contribution in [0.4, 0.5) is 0 Å². The first-order valence-electron chi connectivity index (χ1n) is 9.70. The molecule has 4 unspecified atom stereocenters. The van der Waals surface area contributed by atoms with Crippen LogP contribution in [0.3, 0.4) is 0 Å². The highest BCUT2D eigenvalue weighted by molar-refractivity contribution is 4.85. The molecule has 0 aromatic heterocycles. The highest BCUT2D eigenvalue weighted by atomic mass is 15.1. The minimum Gasteiger partial charge on any atom is -0.327 e. The Hall–Kier alpha value is -0.0800. The summed E-state index contributed by atoms with van der Waals surface area (Å²) in [4.78, 5) is 2.74. The third-order valence-corrected chi connectivity index (χ3v) is 5.98. The first-order valence-corrected chi connectivity index (χ1v) is 9.70. The Balaban J connectivity index is 1.79. The van der Waals surface area contributed by atoms with Crippen molar-refractivity contribution >= 4 is 0 Å². The molecule has 2 heteroatoms. The van der Waals surface area contributed by atoms with Gasteiger partial charge in [-0.1, -0.05) is 39.5 Å². The second kappa shape index (κ2) is 9.15. The average Bonchev–Trinajstić information content (AvgIpc) is 2.69. The molecular weight excluding hydrogens is 256 g/mol. The Labute approximate surface area is 132 Å². The molecule has 0 radical (unpaired) electrons. The van der Waals surface area contributed by atoms with Gasteiger partial charge in [-0.25, -0.2) is 0 Å². The van der Waals surface area contributed by atoms with Gasteiger partial charge < -0.3 is 10.6 Å². The van der Waals surface area contributed by atoms with Gasteiger partial charge in [-0.05, 0) is 69.4 Å². The van der Waals surface area contributed by atoms with E-state index in [1.54, 1.807) is 0 Å². The monoisotopic (exact) mass is 294 g/mol. The molecule has 2 N–H and O–H groups in total. The molecule has 2 aliphatic rings. The van der Waals surface area contributed by atoms with Crippen LogP contribution < -0.4 is 5.73 Å². The van der Waals surface area contributed by atoms with E-state index in [9.17, 15) is 0 Å². The van der Waals surface area contributed by atoms with Crippen LogP contribution in [0.5, 0.6) is 0 Å². The van der Waals surface area contributed by atoms with Crippen molar-refractivity contribution in [2.75, 3.05) is 19.6 Å². The molecule has 0 amide bonds. The van der Waals surface area contributed by atoms with Gasteiger partial charge in [-0.2, -0.15) is 0 Å². The van der Waals surface area contributed by atoms with Crippen LogP contribution in [0.25, 0.3) is 0 Å². The summed E-state index contributed by atoms with van der Waals surface area (Å²) in [6.07, 6.45) is 13.9. The standard InChI is InChI=1S/C19H38N2/c1-3-6-16-8-5-12-21(13-11-16)15-18-14-17(7-4-2)9-10-19(18)20/h16-19H,3-15,20H2,1-2H3. The van der Waals surface area contributed by atoms with E-state index in [2.05, 4.69) is 18.7 Å². The molecule has 4 atom stereocenters. The van der Waals surface area contributed by atoms with Crippen molar-refractivity contribution in [3.63, 3.8) is 0 Å². The molecule has 1 saturated carbocycles. The van der Waals surface area contributed by atoms with E-state index in [0.717, 1.165) is 17.8 Å². The Bertz CT molecular complexity index is 279. The van der Waals surface area contributed by atoms with Crippen LogP contribution in [-0.2, 0) is 0 Å². The van der Waals surface area contributed by atoms with Crippen molar-refractivity contribution < 1.29 is 0 Å². The number of nitrogens with two attached hydrogens (primary N) is 1. The summed E-state index contributed by atoms with van der Waals surface area (Å²) in [6, 6.07) is 0.466. The fraction of sp³-hybridized carbons (Fsp3) is 1.00. The smallest absolute Gasteiger partial charge is 0.00795 e. The second-order valence-electron chi connectivity index (χ2n) is 7.78. The lowest BCUT2D eigenvalue weighted by Gasteiger charge is -2.37. The zero-order valence-electron chi connectivity index (χ0n) is 14.5. The van der Waals surface area contributed by atoms with Gasteiger partial charge in [-0.15, -0.1) is 0 Å². The van der Waals surface area contributed by atoms with Crippen molar-refractivity contribution in [1.29, 1.82) is 0 Å². The maximum Gasteiger partial charge on any atom is 0.00795 e. The van der Waals surface area contributed by atoms with E-state index in [-0.39, 0.29) is 0 Å². The van der Waals surface area contributed by atoms with Crippen molar-refractivity contribution in [2.45, 2.75) is 84.1 Å². The van der Waals surface area contributed by atoms with Crippen LogP contribution in [-0.4, -0.2) is 30.6 Å². The van der Waals surface area contributed by atoms with Gasteiger partial charge in [0.1, 0.15) is 0 Å². The molecule has 0 bridgehead atoms. The molecule has 124 valence electrons. The predicted octanol–water partition coefficient (Wildman–Crippen LogP) is 4.43. The number of hydrogen-bond acceptors (Lipinski definition) is 2. The van der Waals surface area contributed by atoms with E-state index >= 15 is 0 Å². The minimum absolute atomic E-state index is 0.466. The third kappa shape index (κ3) is 5.56. The zero-order valence-corrected chi connectivity index (χ0v) is 14.5. The van der Waals surface area contributed by atoms with Crippen LogP contribution in [0.2, 0.25) is 0 Å². The van der Waals surface area contributed by atoms with Gasteiger partial charge in [0.05, 0.1) is 0 Å². The van der Waals surface area contributed by atoms with E-state index in [0.29, 0.717) is 6.04 Å². The SMILES string of the molecule is CCCC1CCCN(CC2CC(CCC)CCC2N)CC1. The Morgan fingerprint density at radius 2 is 1.67 bits per heavy atom. The fourth-order valence-corrected chi connectivity index (χ4v) is 4.70. The van der Waals surface area contributed by atoms with Crippen LogP contribution >= 0.6 is 0 Å². The van der Waals surface area contributed by atoms with Crippen molar-refractivity contribution in [2.24, 2.45) is 23.5 Å². The molecular formula is C19H38N2. The molecule has 2 nitrogen and oxygen atoms in total. The summed E-state index contributed by atoms with van der Waals surface area (Å²) < 4.78 is 0. The predicted molar refractivity (Wildman–Crippen MR) is 92.4 cm³/mol. The van der Waals surface area contributed by atoms with E-state index in [1.807, 2.05) is 0 Å². The molecule has 0 aromatic rings. The van der Waals surface area contributed by atoms with E-state index in [4.69, 9.17) is 5.73 Å². The van der Waals surface area contributed by atoms with Crippen molar-refractivity contribution in [1.82, 2.24) is 4.90 Å². The molecule has 0 spiro atoms. The molecule has 2 fully saturated rings. The lowest BCUT2D eigenvalue weighted by molar-refractivity contribution is 0.153. The van der Waals surface area contributed by atoms with Gasteiger partial charge in [0.2, 0.25) is 0 Å². The van der Waals surface area contributed by atoms with Gasteiger partial charge in [0.15, 0.2) is 0 Å². The van der Waals surface area contributed by atoms with Crippen molar-refractivity contribution in [3.8, 4) is 0 Å². The van der Waals surface area contributed by atoms with Gasteiger partial charge in [0.25, 0.3) is 0 Å².